The highest BCUT2D eigenvalue weighted by atomic mass is 16.1. The molecule has 0 unspecified atom stereocenters. The Bertz CT molecular complexity index is 637. The molecular weight excluding hydrogens is 194 g/mol. The van der Waals surface area contributed by atoms with Gasteiger partial charge in [0, 0.05) is 6.20 Å². The highest BCUT2D eigenvalue weighted by molar-refractivity contribution is 5.93. The van der Waals surface area contributed by atoms with Crippen LogP contribution in [0.15, 0.2) is 11.0 Å². The molecule has 0 aliphatic heterocycles. The molecule has 74 valence electrons. The molecule has 0 radical (unpaired) electrons. The van der Waals surface area contributed by atoms with Crippen molar-refractivity contribution < 1.29 is 0 Å². The Morgan fingerprint density at radius 3 is 3.00 bits per heavy atom. The fraction of sp³-hybridized carbons (Fsp3) is 0.111. The highest BCUT2D eigenvalue weighted by Gasteiger charge is 2.09. The minimum Gasteiger partial charge on any atom is -0.383 e. The SMILES string of the molecule is Cc1ncc(C#N)c2c(N)nc(=O)[nH]c12. The number of nitriles is 1. The lowest BCUT2D eigenvalue weighted by molar-refractivity contribution is 1.10. The molecule has 0 bridgehead atoms. The van der Waals surface area contributed by atoms with Crippen LogP contribution in [0.1, 0.15) is 11.3 Å². The molecule has 2 aromatic heterocycles. The van der Waals surface area contributed by atoms with Crippen molar-refractivity contribution in [2.24, 2.45) is 0 Å². The van der Waals surface area contributed by atoms with Gasteiger partial charge >= 0.3 is 5.69 Å². The number of aryl methyl sites for hydroxylation is 1. The van der Waals surface area contributed by atoms with Crippen molar-refractivity contribution >= 4 is 16.7 Å². The number of aromatic nitrogens is 3. The molecule has 0 aliphatic carbocycles. The third-order valence-corrected chi connectivity index (χ3v) is 2.10. The maximum Gasteiger partial charge on any atom is 0.347 e. The maximum absolute atomic E-state index is 11.1. The van der Waals surface area contributed by atoms with E-state index in [1.807, 2.05) is 6.07 Å². The summed E-state index contributed by atoms with van der Waals surface area (Å²) < 4.78 is 0. The first kappa shape index (κ1) is 9.15. The van der Waals surface area contributed by atoms with Crippen LogP contribution in [0.5, 0.6) is 0 Å². The van der Waals surface area contributed by atoms with Crippen LogP contribution in [0, 0.1) is 18.3 Å². The summed E-state index contributed by atoms with van der Waals surface area (Å²) in [7, 11) is 0. The topological polar surface area (TPSA) is 108 Å². The lowest BCUT2D eigenvalue weighted by atomic mass is 10.1. The number of nitrogens with one attached hydrogen (secondary N) is 1. The van der Waals surface area contributed by atoms with Gasteiger partial charge in [-0.3, -0.25) is 4.98 Å². The van der Waals surface area contributed by atoms with E-state index < -0.39 is 5.69 Å². The summed E-state index contributed by atoms with van der Waals surface area (Å²) in [5.41, 5.74) is 6.42. The van der Waals surface area contributed by atoms with Crippen LogP contribution in [0.2, 0.25) is 0 Å². The number of hydrogen-bond acceptors (Lipinski definition) is 5. The molecule has 2 aromatic rings. The molecule has 15 heavy (non-hydrogen) atoms. The van der Waals surface area contributed by atoms with Crippen LogP contribution in [-0.4, -0.2) is 15.0 Å². The first-order valence-electron chi connectivity index (χ1n) is 4.18. The van der Waals surface area contributed by atoms with E-state index in [2.05, 4.69) is 15.0 Å². The van der Waals surface area contributed by atoms with E-state index in [4.69, 9.17) is 11.0 Å². The van der Waals surface area contributed by atoms with Gasteiger partial charge in [-0.15, -0.1) is 0 Å². The van der Waals surface area contributed by atoms with E-state index >= 15 is 0 Å². The molecule has 0 saturated carbocycles. The van der Waals surface area contributed by atoms with Crippen LogP contribution >= 0.6 is 0 Å². The average molecular weight is 201 g/mol. The third-order valence-electron chi connectivity index (χ3n) is 2.10. The van der Waals surface area contributed by atoms with Gasteiger partial charge in [-0.05, 0) is 6.92 Å². The predicted molar refractivity (Wildman–Crippen MR) is 54.0 cm³/mol. The Morgan fingerprint density at radius 2 is 2.33 bits per heavy atom. The van der Waals surface area contributed by atoms with Gasteiger partial charge in [0.05, 0.1) is 22.2 Å². The molecule has 0 saturated heterocycles. The van der Waals surface area contributed by atoms with Crippen molar-refractivity contribution in [3.63, 3.8) is 0 Å². The van der Waals surface area contributed by atoms with Gasteiger partial charge in [0.15, 0.2) is 0 Å². The summed E-state index contributed by atoms with van der Waals surface area (Å²) in [5.74, 6) is 0.0517. The predicted octanol–water partition coefficient (Wildman–Crippen LogP) is 0.0804. The first-order valence-corrected chi connectivity index (χ1v) is 4.18. The number of rotatable bonds is 0. The van der Waals surface area contributed by atoms with E-state index in [-0.39, 0.29) is 5.82 Å². The number of hydrogen-bond donors (Lipinski definition) is 2. The quantitative estimate of drug-likeness (QED) is 0.627. The second-order valence-electron chi connectivity index (χ2n) is 3.05. The summed E-state index contributed by atoms with van der Waals surface area (Å²) in [6.45, 7) is 1.72. The molecule has 0 aliphatic rings. The van der Waals surface area contributed by atoms with Crippen molar-refractivity contribution in [3.05, 3.63) is 27.9 Å². The van der Waals surface area contributed by atoms with Crippen LogP contribution in [0.4, 0.5) is 5.82 Å². The minimum atomic E-state index is -0.542. The molecular formula is C9H7N5O. The van der Waals surface area contributed by atoms with Gasteiger partial charge in [-0.1, -0.05) is 0 Å². The Hall–Kier alpha value is -2.42. The monoisotopic (exact) mass is 201 g/mol. The van der Waals surface area contributed by atoms with Crippen molar-refractivity contribution in [2.45, 2.75) is 6.92 Å². The van der Waals surface area contributed by atoms with Gasteiger partial charge in [0.1, 0.15) is 11.9 Å². The second kappa shape index (κ2) is 3.06. The molecule has 3 N–H and O–H groups in total. The van der Waals surface area contributed by atoms with Gasteiger partial charge in [0.2, 0.25) is 0 Å². The maximum atomic E-state index is 11.1. The number of fused-ring (bicyclic) bond motifs is 1. The summed E-state index contributed by atoms with van der Waals surface area (Å²) >= 11 is 0. The summed E-state index contributed by atoms with van der Waals surface area (Å²) in [6, 6.07) is 1.95. The summed E-state index contributed by atoms with van der Waals surface area (Å²) in [5, 5.41) is 9.30. The van der Waals surface area contributed by atoms with Crippen LogP contribution in [0.3, 0.4) is 0 Å². The molecule has 2 heterocycles. The van der Waals surface area contributed by atoms with E-state index in [0.717, 1.165) is 0 Å². The van der Waals surface area contributed by atoms with Crippen LogP contribution < -0.4 is 11.4 Å². The number of nitrogen functional groups attached to an aromatic ring is 1. The molecule has 0 spiro atoms. The fourth-order valence-corrected chi connectivity index (χ4v) is 1.41. The molecule has 0 aromatic carbocycles. The zero-order valence-electron chi connectivity index (χ0n) is 7.90. The van der Waals surface area contributed by atoms with Crippen molar-refractivity contribution in [1.82, 2.24) is 15.0 Å². The van der Waals surface area contributed by atoms with Crippen molar-refractivity contribution in [3.8, 4) is 6.07 Å². The van der Waals surface area contributed by atoms with Gasteiger partial charge in [-0.25, -0.2) is 4.79 Å². The highest BCUT2D eigenvalue weighted by Crippen LogP contribution is 2.20. The Balaban J connectivity index is 3.09. The first-order chi connectivity index (χ1) is 7.13. The van der Waals surface area contributed by atoms with Crippen molar-refractivity contribution in [2.75, 3.05) is 5.73 Å². The second-order valence-corrected chi connectivity index (χ2v) is 3.05. The van der Waals surface area contributed by atoms with Gasteiger partial charge in [-0.2, -0.15) is 10.2 Å². The molecule has 0 amide bonds. The van der Waals surface area contributed by atoms with E-state index in [1.165, 1.54) is 6.20 Å². The number of anilines is 1. The minimum absolute atomic E-state index is 0.0517. The molecule has 0 fully saturated rings. The summed E-state index contributed by atoms with van der Waals surface area (Å²) in [6.07, 6.45) is 1.41. The van der Waals surface area contributed by atoms with Crippen LogP contribution in [0.25, 0.3) is 10.9 Å². The number of pyridine rings is 1. The molecule has 6 heteroatoms. The summed E-state index contributed by atoms with van der Waals surface area (Å²) in [4.78, 5) is 21.1. The lowest BCUT2D eigenvalue weighted by Crippen LogP contribution is -2.14. The van der Waals surface area contributed by atoms with E-state index in [9.17, 15) is 4.79 Å². The van der Waals surface area contributed by atoms with Crippen LogP contribution in [-0.2, 0) is 0 Å². The number of nitrogens with zero attached hydrogens (tertiary/aromatic N) is 3. The van der Waals surface area contributed by atoms with E-state index in [1.54, 1.807) is 6.92 Å². The normalized spacial score (nSPS) is 10.1. The zero-order chi connectivity index (χ0) is 11.0. The Labute approximate surface area is 84.4 Å². The smallest absolute Gasteiger partial charge is 0.347 e. The van der Waals surface area contributed by atoms with Gasteiger partial charge in [0.25, 0.3) is 0 Å². The Morgan fingerprint density at radius 1 is 1.60 bits per heavy atom. The number of aromatic amines is 1. The number of H-pyrrole nitrogens is 1. The van der Waals surface area contributed by atoms with E-state index in [0.29, 0.717) is 22.2 Å². The largest absolute Gasteiger partial charge is 0.383 e. The standard InChI is InChI=1S/C9H7N5O/c1-4-7-6(5(2-10)3-12-4)8(11)14-9(15)13-7/h3H,1H3,(H3,11,13,14,15). The molecule has 2 rings (SSSR count). The lowest BCUT2D eigenvalue weighted by Gasteiger charge is -2.04. The van der Waals surface area contributed by atoms with Crippen molar-refractivity contribution in [1.29, 1.82) is 5.26 Å². The van der Waals surface area contributed by atoms with Gasteiger partial charge < -0.3 is 10.7 Å². The fourth-order valence-electron chi connectivity index (χ4n) is 1.41. The number of nitrogens with two attached hydrogens (primary N) is 1. The Kier molecular flexibility index (Phi) is 1.87. The average Bonchev–Trinajstić information content (AvgIpc) is 2.19. The molecule has 0 atom stereocenters. The third kappa shape index (κ3) is 1.30. The zero-order valence-corrected chi connectivity index (χ0v) is 7.90. The molecule has 6 nitrogen and oxygen atoms in total.